The second kappa shape index (κ2) is 13.3. The lowest BCUT2D eigenvalue weighted by Crippen LogP contribution is -2.43. The average Bonchev–Trinajstić information content (AvgIpc) is 3.06. The number of guanidine groups is 1. The number of aliphatic imine (C=N–C) groups is 1. The fourth-order valence-corrected chi connectivity index (χ4v) is 3.40. The quantitative estimate of drug-likeness (QED) is 0.191. The largest absolute Gasteiger partial charge is 0.357 e. The van der Waals surface area contributed by atoms with Crippen molar-refractivity contribution in [1.29, 1.82) is 0 Å². The van der Waals surface area contributed by atoms with Gasteiger partial charge in [0.2, 0.25) is 0 Å². The summed E-state index contributed by atoms with van der Waals surface area (Å²) in [5.41, 5.74) is 0. The molecule has 1 aromatic rings. The molecular weight excluding hydrogens is 487 g/mol. The van der Waals surface area contributed by atoms with E-state index in [1.165, 1.54) is 17.6 Å². The van der Waals surface area contributed by atoms with E-state index in [1.807, 2.05) is 25.3 Å². The van der Waals surface area contributed by atoms with Crippen LogP contribution in [0.4, 0.5) is 0 Å². The molecule has 0 bridgehead atoms. The Labute approximate surface area is 177 Å². The first-order valence-electron chi connectivity index (χ1n) is 8.36. The molecule has 0 aliphatic carbocycles. The maximum Gasteiger partial charge on any atom is 0.261 e. The van der Waals surface area contributed by atoms with Crippen LogP contribution in [0, 0.1) is 0 Å². The number of carbonyl (C=O) groups is 1. The first kappa shape index (κ1) is 25.1. The van der Waals surface area contributed by atoms with E-state index in [9.17, 15) is 13.2 Å². The van der Waals surface area contributed by atoms with Gasteiger partial charge in [0.05, 0.1) is 10.6 Å². The second-order valence-electron chi connectivity index (χ2n) is 5.81. The van der Waals surface area contributed by atoms with Gasteiger partial charge in [-0.15, -0.1) is 35.3 Å². The molecule has 0 aliphatic rings. The SMILES string of the molecule is CCNC(=NCCCNC(=O)c1cccs1)NC(C)CCS(C)(=O)=O.I. The highest BCUT2D eigenvalue weighted by atomic mass is 127. The summed E-state index contributed by atoms with van der Waals surface area (Å²) in [6.07, 6.45) is 2.50. The minimum absolute atomic E-state index is 0. The van der Waals surface area contributed by atoms with Crippen LogP contribution in [-0.4, -0.2) is 58.0 Å². The number of nitrogens with one attached hydrogen (secondary N) is 3. The van der Waals surface area contributed by atoms with Crippen LogP contribution in [0.2, 0.25) is 0 Å². The van der Waals surface area contributed by atoms with E-state index < -0.39 is 9.84 Å². The Kier molecular flexibility index (Phi) is 12.9. The summed E-state index contributed by atoms with van der Waals surface area (Å²) in [5.74, 6) is 0.751. The number of rotatable bonds is 10. The summed E-state index contributed by atoms with van der Waals surface area (Å²) in [6.45, 7) is 5.75. The third-order valence-corrected chi connectivity index (χ3v) is 5.13. The normalized spacial score (nSPS) is 12.8. The van der Waals surface area contributed by atoms with Crippen LogP contribution < -0.4 is 16.0 Å². The zero-order valence-corrected chi connectivity index (χ0v) is 19.4. The zero-order chi connectivity index (χ0) is 18.7. The molecule has 3 N–H and O–H groups in total. The number of sulfone groups is 1. The Balaban J connectivity index is 0.00000625. The Morgan fingerprint density at radius 1 is 1.35 bits per heavy atom. The molecule has 1 unspecified atom stereocenters. The molecule has 150 valence electrons. The van der Waals surface area contributed by atoms with Gasteiger partial charge in [0, 0.05) is 31.9 Å². The van der Waals surface area contributed by atoms with E-state index in [4.69, 9.17) is 0 Å². The van der Waals surface area contributed by atoms with Gasteiger partial charge in [-0.3, -0.25) is 9.79 Å². The van der Waals surface area contributed by atoms with E-state index in [2.05, 4.69) is 20.9 Å². The number of carbonyl (C=O) groups excluding carboxylic acids is 1. The van der Waals surface area contributed by atoms with Crippen LogP contribution in [0.3, 0.4) is 0 Å². The van der Waals surface area contributed by atoms with Crippen LogP contribution in [-0.2, 0) is 9.84 Å². The van der Waals surface area contributed by atoms with Crippen molar-refractivity contribution in [3.63, 3.8) is 0 Å². The molecule has 1 heterocycles. The van der Waals surface area contributed by atoms with Crippen molar-refractivity contribution in [3.05, 3.63) is 22.4 Å². The highest BCUT2D eigenvalue weighted by Gasteiger charge is 2.09. The Bertz CT molecular complexity index is 648. The predicted octanol–water partition coefficient (Wildman–Crippen LogP) is 1.86. The van der Waals surface area contributed by atoms with Gasteiger partial charge in [0.1, 0.15) is 9.84 Å². The molecule has 0 aromatic carbocycles. The van der Waals surface area contributed by atoms with Crippen LogP contribution in [0.25, 0.3) is 0 Å². The lowest BCUT2D eigenvalue weighted by atomic mass is 10.3. The highest BCUT2D eigenvalue weighted by Crippen LogP contribution is 2.07. The maximum atomic E-state index is 11.8. The van der Waals surface area contributed by atoms with E-state index >= 15 is 0 Å². The number of nitrogens with zero attached hydrogens (tertiary/aromatic N) is 1. The zero-order valence-electron chi connectivity index (χ0n) is 15.4. The topological polar surface area (TPSA) is 99.7 Å². The van der Waals surface area contributed by atoms with E-state index in [-0.39, 0.29) is 41.7 Å². The van der Waals surface area contributed by atoms with Gasteiger partial charge in [0.15, 0.2) is 5.96 Å². The molecule has 0 fully saturated rings. The van der Waals surface area contributed by atoms with Crippen LogP contribution in [0.15, 0.2) is 22.5 Å². The van der Waals surface area contributed by atoms with Crippen LogP contribution in [0.1, 0.15) is 36.4 Å². The van der Waals surface area contributed by atoms with Gasteiger partial charge in [-0.05, 0) is 38.1 Å². The molecule has 26 heavy (non-hydrogen) atoms. The number of hydrogen-bond acceptors (Lipinski definition) is 5. The number of hydrogen-bond donors (Lipinski definition) is 3. The predicted molar refractivity (Wildman–Crippen MR) is 120 cm³/mol. The molecule has 0 aliphatic heterocycles. The summed E-state index contributed by atoms with van der Waals surface area (Å²) in [4.78, 5) is 17.0. The van der Waals surface area contributed by atoms with Gasteiger partial charge >= 0.3 is 0 Å². The van der Waals surface area contributed by atoms with Crippen molar-refractivity contribution in [2.75, 3.05) is 31.6 Å². The van der Waals surface area contributed by atoms with Crippen molar-refractivity contribution >= 4 is 57.0 Å². The fraction of sp³-hybridized carbons (Fsp3) is 0.625. The minimum atomic E-state index is -2.96. The van der Waals surface area contributed by atoms with Gasteiger partial charge in [-0.2, -0.15) is 0 Å². The third kappa shape index (κ3) is 11.7. The van der Waals surface area contributed by atoms with Gasteiger partial charge in [-0.25, -0.2) is 8.42 Å². The lowest BCUT2D eigenvalue weighted by Gasteiger charge is -2.17. The van der Waals surface area contributed by atoms with Gasteiger partial charge in [0.25, 0.3) is 5.91 Å². The first-order valence-corrected chi connectivity index (χ1v) is 11.3. The average molecular weight is 516 g/mol. The lowest BCUT2D eigenvalue weighted by molar-refractivity contribution is 0.0957. The molecular formula is C16H29IN4O3S2. The van der Waals surface area contributed by atoms with E-state index in [0.29, 0.717) is 30.3 Å². The molecule has 1 amide bonds. The van der Waals surface area contributed by atoms with Crippen molar-refractivity contribution < 1.29 is 13.2 Å². The molecule has 0 saturated heterocycles. The molecule has 10 heteroatoms. The Morgan fingerprint density at radius 3 is 2.65 bits per heavy atom. The molecule has 1 atom stereocenters. The highest BCUT2D eigenvalue weighted by molar-refractivity contribution is 14.0. The molecule has 7 nitrogen and oxygen atoms in total. The molecule has 0 radical (unpaired) electrons. The fourth-order valence-electron chi connectivity index (χ4n) is 1.98. The number of thiophene rings is 1. The van der Waals surface area contributed by atoms with Gasteiger partial charge in [-0.1, -0.05) is 6.07 Å². The summed E-state index contributed by atoms with van der Waals surface area (Å²) < 4.78 is 22.4. The molecule has 0 spiro atoms. The van der Waals surface area contributed by atoms with E-state index in [0.717, 1.165) is 13.0 Å². The molecule has 1 aromatic heterocycles. The summed E-state index contributed by atoms with van der Waals surface area (Å²) in [6, 6.07) is 3.65. The van der Waals surface area contributed by atoms with Crippen molar-refractivity contribution in [2.24, 2.45) is 4.99 Å². The number of amides is 1. The first-order chi connectivity index (χ1) is 11.8. The Hall–Kier alpha value is -0.880. The Morgan fingerprint density at radius 2 is 2.08 bits per heavy atom. The molecule has 1 rings (SSSR count). The van der Waals surface area contributed by atoms with Crippen LogP contribution in [0.5, 0.6) is 0 Å². The summed E-state index contributed by atoms with van der Waals surface area (Å²) in [5, 5.41) is 11.1. The summed E-state index contributed by atoms with van der Waals surface area (Å²) in [7, 11) is -2.96. The van der Waals surface area contributed by atoms with E-state index in [1.54, 1.807) is 6.07 Å². The van der Waals surface area contributed by atoms with Crippen molar-refractivity contribution in [1.82, 2.24) is 16.0 Å². The minimum Gasteiger partial charge on any atom is -0.357 e. The van der Waals surface area contributed by atoms with Gasteiger partial charge < -0.3 is 16.0 Å². The second-order valence-corrected chi connectivity index (χ2v) is 9.02. The summed E-state index contributed by atoms with van der Waals surface area (Å²) >= 11 is 1.42. The monoisotopic (exact) mass is 516 g/mol. The smallest absolute Gasteiger partial charge is 0.261 e. The third-order valence-electron chi connectivity index (χ3n) is 3.28. The van der Waals surface area contributed by atoms with Crippen LogP contribution >= 0.6 is 35.3 Å². The maximum absolute atomic E-state index is 11.8. The van der Waals surface area contributed by atoms with Crippen molar-refractivity contribution in [2.45, 2.75) is 32.7 Å². The molecule has 0 saturated carbocycles. The number of halogens is 1. The standard InChI is InChI=1S/C16H28N4O3S2.HI/c1-4-17-16(20-13(2)8-12-25(3,22)23)19-10-6-9-18-15(21)14-7-5-11-24-14;/h5,7,11,13H,4,6,8-10,12H2,1-3H3,(H,18,21)(H2,17,19,20);1H. The van der Waals surface area contributed by atoms with Crippen molar-refractivity contribution in [3.8, 4) is 0 Å².